The lowest BCUT2D eigenvalue weighted by atomic mass is 9.95. The molecule has 0 bridgehead atoms. The lowest BCUT2D eigenvalue weighted by molar-refractivity contribution is 0.0777. The molecule has 0 radical (unpaired) electrons. The van der Waals surface area contributed by atoms with E-state index in [0.29, 0.717) is 24.3 Å². The van der Waals surface area contributed by atoms with Crippen LogP contribution in [0.4, 0.5) is 5.69 Å². The van der Waals surface area contributed by atoms with Gasteiger partial charge in [0.15, 0.2) is 0 Å². The number of nitrogens with zero attached hydrogens (tertiary/aromatic N) is 4. The van der Waals surface area contributed by atoms with Gasteiger partial charge in [-0.2, -0.15) is 5.10 Å². The first-order valence-electron chi connectivity index (χ1n) is 11.1. The molecule has 0 aliphatic carbocycles. The summed E-state index contributed by atoms with van der Waals surface area (Å²) in [5, 5.41) is 6.59. The Morgan fingerprint density at radius 2 is 1.91 bits per heavy atom. The molecule has 0 fully saturated rings. The molecule has 0 saturated heterocycles. The van der Waals surface area contributed by atoms with Crippen molar-refractivity contribution >= 4 is 17.8 Å². The maximum atomic E-state index is 13.0. The molecular formula is C26H27N5O. The smallest absolute Gasteiger partial charge is 0.256 e. The molecule has 1 atom stereocenters. The standard InChI is InChI=1S/C26H27N5O/c27-24-14-20(22-15-29-31(17-22)18-23-10-4-5-11-28-23)13-21-16-30(26(32)25(21)24)12-6-9-19-7-2-1-3-8-19/h1-5,7-8,10-11,13-15,22H,6,9,12,16-18,27H2. The summed E-state index contributed by atoms with van der Waals surface area (Å²) in [6, 6.07) is 20.4. The lowest BCUT2D eigenvalue weighted by Crippen LogP contribution is -2.25. The van der Waals surface area contributed by atoms with Crippen LogP contribution in [0.15, 0.2) is 72.0 Å². The summed E-state index contributed by atoms with van der Waals surface area (Å²) in [5.74, 6) is 0.211. The number of pyridine rings is 1. The van der Waals surface area contributed by atoms with Gasteiger partial charge in [-0.25, -0.2) is 0 Å². The molecule has 3 heterocycles. The molecule has 162 valence electrons. The van der Waals surface area contributed by atoms with Gasteiger partial charge >= 0.3 is 0 Å². The first-order valence-corrected chi connectivity index (χ1v) is 11.1. The molecule has 0 spiro atoms. The Labute approximate surface area is 188 Å². The molecule has 1 unspecified atom stereocenters. The Bertz CT molecular complexity index is 1130. The van der Waals surface area contributed by atoms with Crippen LogP contribution in [0.1, 0.15) is 45.1 Å². The van der Waals surface area contributed by atoms with Gasteiger partial charge in [0.05, 0.1) is 17.8 Å². The van der Waals surface area contributed by atoms with Gasteiger partial charge in [0.2, 0.25) is 0 Å². The number of carbonyl (C=O) groups is 1. The second-order valence-electron chi connectivity index (χ2n) is 8.50. The molecular weight excluding hydrogens is 398 g/mol. The summed E-state index contributed by atoms with van der Waals surface area (Å²) in [5.41, 5.74) is 12.0. The zero-order valence-corrected chi connectivity index (χ0v) is 18.0. The third-order valence-corrected chi connectivity index (χ3v) is 6.19. The Kier molecular flexibility index (Phi) is 5.58. The van der Waals surface area contributed by atoms with Crippen LogP contribution in [0.2, 0.25) is 0 Å². The molecule has 1 aromatic heterocycles. The van der Waals surface area contributed by atoms with Gasteiger partial charge in [0, 0.05) is 43.7 Å². The van der Waals surface area contributed by atoms with Crippen molar-refractivity contribution < 1.29 is 4.79 Å². The van der Waals surface area contributed by atoms with Crippen molar-refractivity contribution in [1.82, 2.24) is 14.9 Å². The monoisotopic (exact) mass is 425 g/mol. The lowest BCUT2D eigenvalue weighted by Gasteiger charge is -2.16. The van der Waals surface area contributed by atoms with Crippen LogP contribution in [-0.4, -0.2) is 40.1 Å². The summed E-state index contributed by atoms with van der Waals surface area (Å²) in [6.07, 6.45) is 5.68. The second kappa shape index (κ2) is 8.83. The first kappa shape index (κ1) is 20.2. The molecule has 1 amide bonds. The zero-order chi connectivity index (χ0) is 21.9. The SMILES string of the molecule is Nc1cc(C2C=NN(Cc3ccccn3)C2)cc2c1C(=O)N(CCCc1ccccc1)C2. The number of hydrogen-bond acceptors (Lipinski definition) is 5. The Balaban J connectivity index is 1.23. The Morgan fingerprint density at radius 1 is 1.06 bits per heavy atom. The van der Waals surface area contributed by atoms with E-state index in [1.807, 2.05) is 46.5 Å². The van der Waals surface area contributed by atoms with Crippen molar-refractivity contribution in [2.24, 2.45) is 5.10 Å². The van der Waals surface area contributed by atoms with E-state index in [-0.39, 0.29) is 11.8 Å². The van der Waals surface area contributed by atoms with Crippen molar-refractivity contribution in [3.8, 4) is 0 Å². The molecule has 6 nitrogen and oxygen atoms in total. The van der Waals surface area contributed by atoms with Crippen molar-refractivity contribution in [2.75, 3.05) is 18.8 Å². The predicted molar refractivity (Wildman–Crippen MR) is 126 cm³/mol. The fourth-order valence-electron chi connectivity index (χ4n) is 4.56. The van der Waals surface area contributed by atoms with Crippen LogP contribution >= 0.6 is 0 Å². The maximum absolute atomic E-state index is 13.0. The Hall–Kier alpha value is -3.67. The molecule has 2 aromatic carbocycles. The highest BCUT2D eigenvalue weighted by Gasteiger charge is 2.31. The van der Waals surface area contributed by atoms with Crippen LogP contribution < -0.4 is 5.73 Å². The molecule has 32 heavy (non-hydrogen) atoms. The molecule has 0 saturated carbocycles. The summed E-state index contributed by atoms with van der Waals surface area (Å²) in [4.78, 5) is 19.3. The van der Waals surface area contributed by atoms with Gasteiger partial charge in [-0.15, -0.1) is 0 Å². The van der Waals surface area contributed by atoms with Crippen LogP contribution in [0.3, 0.4) is 0 Å². The van der Waals surface area contributed by atoms with Gasteiger partial charge in [0.25, 0.3) is 5.91 Å². The zero-order valence-electron chi connectivity index (χ0n) is 18.0. The summed E-state index contributed by atoms with van der Waals surface area (Å²) in [6.45, 7) is 2.83. The minimum Gasteiger partial charge on any atom is -0.398 e. The number of nitrogens with two attached hydrogens (primary N) is 1. The summed E-state index contributed by atoms with van der Waals surface area (Å²) in [7, 11) is 0. The van der Waals surface area contributed by atoms with Crippen LogP contribution in [0.25, 0.3) is 0 Å². The van der Waals surface area contributed by atoms with E-state index in [2.05, 4.69) is 40.4 Å². The van der Waals surface area contributed by atoms with Gasteiger partial charge in [-0.05, 0) is 47.7 Å². The number of nitrogen functional groups attached to an aromatic ring is 1. The number of hydrogen-bond donors (Lipinski definition) is 1. The molecule has 3 aromatic rings. The number of aryl methyl sites for hydroxylation is 1. The predicted octanol–water partition coefficient (Wildman–Crippen LogP) is 3.84. The van der Waals surface area contributed by atoms with Crippen molar-refractivity contribution in [3.63, 3.8) is 0 Å². The Morgan fingerprint density at radius 3 is 2.72 bits per heavy atom. The number of hydrazone groups is 1. The van der Waals surface area contributed by atoms with Gasteiger partial charge in [0.1, 0.15) is 0 Å². The molecule has 2 aliphatic rings. The van der Waals surface area contributed by atoms with Crippen molar-refractivity contribution in [2.45, 2.75) is 31.8 Å². The summed E-state index contributed by atoms with van der Waals surface area (Å²) >= 11 is 0. The minimum atomic E-state index is 0.0500. The summed E-state index contributed by atoms with van der Waals surface area (Å²) < 4.78 is 0. The van der Waals surface area contributed by atoms with Gasteiger partial charge in [-0.3, -0.25) is 14.8 Å². The average molecular weight is 426 g/mol. The van der Waals surface area contributed by atoms with E-state index < -0.39 is 0 Å². The third-order valence-electron chi connectivity index (χ3n) is 6.19. The largest absolute Gasteiger partial charge is 0.398 e. The van der Waals surface area contributed by atoms with Crippen LogP contribution in [0.5, 0.6) is 0 Å². The fourth-order valence-corrected chi connectivity index (χ4v) is 4.56. The molecule has 6 heteroatoms. The van der Waals surface area contributed by atoms with Crippen molar-refractivity contribution in [1.29, 1.82) is 0 Å². The van der Waals surface area contributed by atoms with Crippen LogP contribution in [0, 0.1) is 0 Å². The molecule has 5 rings (SSSR count). The van der Waals surface area contributed by atoms with Gasteiger partial charge in [-0.1, -0.05) is 42.5 Å². The van der Waals surface area contributed by atoms with E-state index in [4.69, 9.17) is 5.73 Å². The molecule has 2 N–H and O–H groups in total. The fraction of sp³-hybridized carbons (Fsp3) is 0.269. The number of anilines is 1. The van der Waals surface area contributed by atoms with E-state index in [9.17, 15) is 4.79 Å². The van der Waals surface area contributed by atoms with Crippen molar-refractivity contribution in [3.05, 3.63) is 94.8 Å². The minimum absolute atomic E-state index is 0.0500. The number of amides is 1. The second-order valence-corrected chi connectivity index (χ2v) is 8.50. The maximum Gasteiger partial charge on any atom is 0.256 e. The quantitative estimate of drug-likeness (QED) is 0.584. The average Bonchev–Trinajstić information content (AvgIpc) is 3.40. The van der Waals surface area contributed by atoms with E-state index in [1.165, 1.54) is 5.56 Å². The number of benzene rings is 2. The highest BCUT2D eigenvalue weighted by Crippen LogP contribution is 2.33. The van der Waals surface area contributed by atoms with E-state index in [1.54, 1.807) is 6.20 Å². The third kappa shape index (κ3) is 4.21. The highest BCUT2D eigenvalue weighted by molar-refractivity contribution is 6.03. The number of carbonyl (C=O) groups excluding carboxylic acids is 1. The number of aromatic nitrogens is 1. The first-order chi connectivity index (χ1) is 15.7. The number of fused-ring (bicyclic) bond motifs is 1. The normalized spacial score (nSPS) is 17.2. The number of rotatable bonds is 7. The van der Waals surface area contributed by atoms with E-state index >= 15 is 0 Å². The van der Waals surface area contributed by atoms with E-state index in [0.717, 1.165) is 42.8 Å². The van der Waals surface area contributed by atoms with Crippen LogP contribution in [-0.2, 0) is 19.5 Å². The van der Waals surface area contributed by atoms with Gasteiger partial charge < -0.3 is 10.6 Å². The topological polar surface area (TPSA) is 74.8 Å². The highest BCUT2D eigenvalue weighted by atomic mass is 16.2. The molecule has 2 aliphatic heterocycles.